The van der Waals surface area contributed by atoms with Gasteiger partial charge in [-0.25, -0.2) is 4.98 Å². The molecule has 5 heteroatoms. The van der Waals surface area contributed by atoms with Gasteiger partial charge < -0.3 is 19.5 Å². The summed E-state index contributed by atoms with van der Waals surface area (Å²) in [5.41, 5.74) is 1.09. The summed E-state index contributed by atoms with van der Waals surface area (Å²) in [5.74, 6) is 2.25. The first-order chi connectivity index (χ1) is 11.3. The molecule has 0 aliphatic heterocycles. The van der Waals surface area contributed by atoms with Gasteiger partial charge in [-0.15, -0.1) is 0 Å². The van der Waals surface area contributed by atoms with Crippen molar-refractivity contribution in [1.82, 2.24) is 10.3 Å². The molecule has 0 saturated heterocycles. The van der Waals surface area contributed by atoms with E-state index in [4.69, 9.17) is 14.2 Å². The van der Waals surface area contributed by atoms with Crippen molar-refractivity contribution in [3.63, 3.8) is 0 Å². The van der Waals surface area contributed by atoms with Crippen LogP contribution in [-0.4, -0.2) is 31.9 Å². The largest absolute Gasteiger partial charge is 0.493 e. The third-order valence-electron chi connectivity index (χ3n) is 3.27. The van der Waals surface area contributed by atoms with Crippen LogP contribution in [0.4, 0.5) is 0 Å². The maximum Gasteiger partial charge on any atom is 0.213 e. The van der Waals surface area contributed by atoms with Gasteiger partial charge in [0.05, 0.1) is 20.3 Å². The molecule has 23 heavy (non-hydrogen) atoms. The molecule has 5 nitrogen and oxygen atoms in total. The molecule has 0 spiro atoms. The number of hydrogen-bond acceptors (Lipinski definition) is 5. The molecule has 2 aromatic rings. The molecule has 1 N–H and O–H groups in total. The van der Waals surface area contributed by atoms with Crippen LogP contribution in [0.2, 0.25) is 0 Å². The third kappa shape index (κ3) is 5.45. The number of aromatic nitrogens is 1. The smallest absolute Gasteiger partial charge is 0.213 e. The fourth-order valence-electron chi connectivity index (χ4n) is 2.20. The highest BCUT2D eigenvalue weighted by atomic mass is 16.5. The van der Waals surface area contributed by atoms with Crippen LogP contribution in [0.5, 0.6) is 17.4 Å². The van der Waals surface area contributed by atoms with Gasteiger partial charge in [-0.1, -0.05) is 18.2 Å². The average molecular weight is 316 g/mol. The van der Waals surface area contributed by atoms with Crippen molar-refractivity contribution in [2.75, 3.05) is 26.9 Å². The second kappa shape index (κ2) is 9.69. The van der Waals surface area contributed by atoms with Crippen LogP contribution in [0.15, 0.2) is 42.6 Å². The zero-order valence-electron chi connectivity index (χ0n) is 13.7. The summed E-state index contributed by atoms with van der Waals surface area (Å²) >= 11 is 0. The highest BCUT2D eigenvalue weighted by Crippen LogP contribution is 2.30. The van der Waals surface area contributed by atoms with Gasteiger partial charge in [-0.2, -0.15) is 0 Å². The first-order valence-corrected chi connectivity index (χ1v) is 7.88. The summed E-state index contributed by atoms with van der Waals surface area (Å²) in [6.45, 7) is 4.82. The summed E-state index contributed by atoms with van der Waals surface area (Å²) in [7, 11) is 1.66. The predicted molar refractivity (Wildman–Crippen MR) is 90.2 cm³/mol. The molecule has 0 fully saturated rings. The Hall–Kier alpha value is -2.27. The molecule has 0 aliphatic rings. The SMILES string of the molecule is CCOc1c(CNCCCOc2ccccn2)cccc1OC. The molecule has 1 heterocycles. The summed E-state index contributed by atoms with van der Waals surface area (Å²) in [6, 6.07) is 11.6. The van der Waals surface area contributed by atoms with Crippen molar-refractivity contribution in [2.45, 2.75) is 19.9 Å². The molecule has 0 amide bonds. The quantitative estimate of drug-likeness (QED) is 0.683. The van der Waals surface area contributed by atoms with Crippen molar-refractivity contribution >= 4 is 0 Å². The highest BCUT2D eigenvalue weighted by Gasteiger charge is 2.09. The zero-order valence-corrected chi connectivity index (χ0v) is 13.7. The van der Waals surface area contributed by atoms with E-state index >= 15 is 0 Å². The number of para-hydroxylation sites is 1. The van der Waals surface area contributed by atoms with E-state index in [2.05, 4.69) is 10.3 Å². The van der Waals surface area contributed by atoms with E-state index in [1.165, 1.54) is 0 Å². The summed E-state index contributed by atoms with van der Waals surface area (Å²) in [5, 5.41) is 3.40. The Labute approximate surface area is 137 Å². The van der Waals surface area contributed by atoms with E-state index in [0.717, 1.165) is 36.6 Å². The minimum absolute atomic E-state index is 0.616. The van der Waals surface area contributed by atoms with Crippen LogP contribution in [0, 0.1) is 0 Å². The Morgan fingerprint density at radius 2 is 2.00 bits per heavy atom. The van der Waals surface area contributed by atoms with Crippen molar-refractivity contribution < 1.29 is 14.2 Å². The molecule has 0 radical (unpaired) electrons. The van der Waals surface area contributed by atoms with Crippen molar-refractivity contribution in [3.05, 3.63) is 48.2 Å². The summed E-state index contributed by atoms with van der Waals surface area (Å²) in [6.07, 6.45) is 2.64. The predicted octanol–water partition coefficient (Wildman–Crippen LogP) is 3.05. The van der Waals surface area contributed by atoms with Crippen molar-refractivity contribution in [1.29, 1.82) is 0 Å². The van der Waals surface area contributed by atoms with Crippen LogP contribution in [-0.2, 0) is 6.54 Å². The van der Waals surface area contributed by atoms with Gasteiger partial charge >= 0.3 is 0 Å². The Balaban J connectivity index is 1.73. The van der Waals surface area contributed by atoms with Gasteiger partial charge in [0.1, 0.15) is 0 Å². The minimum atomic E-state index is 0.616. The topological polar surface area (TPSA) is 52.6 Å². The molecule has 0 atom stereocenters. The number of nitrogens with zero attached hydrogens (tertiary/aromatic N) is 1. The molecule has 124 valence electrons. The van der Waals surface area contributed by atoms with Crippen LogP contribution in [0.3, 0.4) is 0 Å². The Morgan fingerprint density at radius 1 is 1.09 bits per heavy atom. The molecule has 0 unspecified atom stereocenters. The van der Waals surface area contributed by atoms with Gasteiger partial charge in [0.2, 0.25) is 5.88 Å². The normalized spacial score (nSPS) is 10.3. The molecule has 1 aromatic heterocycles. The number of nitrogens with one attached hydrogen (secondary N) is 1. The first kappa shape index (κ1) is 17.1. The minimum Gasteiger partial charge on any atom is -0.493 e. The second-order valence-electron chi connectivity index (χ2n) is 4.93. The molecule has 0 aliphatic carbocycles. The average Bonchev–Trinajstić information content (AvgIpc) is 2.60. The molecular formula is C18H24N2O3. The second-order valence-corrected chi connectivity index (χ2v) is 4.93. The van der Waals surface area contributed by atoms with E-state index in [1.807, 2.05) is 43.3 Å². The summed E-state index contributed by atoms with van der Waals surface area (Å²) in [4.78, 5) is 4.12. The summed E-state index contributed by atoms with van der Waals surface area (Å²) < 4.78 is 16.6. The lowest BCUT2D eigenvalue weighted by Crippen LogP contribution is -2.18. The first-order valence-electron chi connectivity index (χ1n) is 7.88. The van der Waals surface area contributed by atoms with E-state index in [1.54, 1.807) is 13.3 Å². The maximum absolute atomic E-state index is 5.70. The number of methoxy groups -OCH3 is 1. The van der Waals surface area contributed by atoms with Gasteiger partial charge in [-0.3, -0.25) is 0 Å². The molecule has 1 aromatic carbocycles. The Kier molecular flexibility index (Phi) is 7.20. The third-order valence-corrected chi connectivity index (χ3v) is 3.27. The van der Waals surface area contributed by atoms with E-state index < -0.39 is 0 Å². The number of ether oxygens (including phenoxy) is 3. The van der Waals surface area contributed by atoms with Crippen molar-refractivity contribution in [3.8, 4) is 17.4 Å². The number of benzene rings is 1. The van der Waals surface area contributed by atoms with Gasteiger partial charge in [0.15, 0.2) is 11.5 Å². The fraction of sp³-hybridized carbons (Fsp3) is 0.389. The molecule has 0 bridgehead atoms. The van der Waals surface area contributed by atoms with Crippen LogP contribution in [0.25, 0.3) is 0 Å². The monoisotopic (exact) mass is 316 g/mol. The van der Waals surface area contributed by atoms with E-state index in [-0.39, 0.29) is 0 Å². The van der Waals surface area contributed by atoms with Crippen LogP contribution in [0.1, 0.15) is 18.9 Å². The standard InChI is InChI=1S/C18H24N2O3/c1-3-22-18-15(8-6-9-16(18)21-2)14-19-11-7-13-23-17-10-4-5-12-20-17/h4-6,8-10,12,19H,3,7,11,13-14H2,1-2H3. The lowest BCUT2D eigenvalue weighted by Gasteiger charge is -2.14. The van der Waals surface area contributed by atoms with Crippen molar-refractivity contribution in [2.24, 2.45) is 0 Å². The van der Waals surface area contributed by atoms with Gasteiger partial charge in [0, 0.05) is 24.4 Å². The molecule has 0 saturated carbocycles. The van der Waals surface area contributed by atoms with Crippen LogP contribution >= 0.6 is 0 Å². The molecule has 2 rings (SSSR count). The maximum atomic E-state index is 5.70. The number of pyridine rings is 1. The van der Waals surface area contributed by atoms with Gasteiger partial charge in [-0.05, 0) is 32.0 Å². The van der Waals surface area contributed by atoms with Gasteiger partial charge in [0.25, 0.3) is 0 Å². The number of hydrogen-bond donors (Lipinski definition) is 1. The Morgan fingerprint density at radius 3 is 2.74 bits per heavy atom. The van der Waals surface area contributed by atoms with E-state index in [0.29, 0.717) is 19.1 Å². The molecular weight excluding hydrogens is 292 g/mol. The van der Waals surface area contributed by atoms with Crippen LogP contribution < -0.4 is 19.5 Å². The number of rotatable bonds is 10. The van der Waals surface area contributed by atoms with E-state index in [9.17, 15) is 0 Å². The Bertz CT molecular complexity index is 576. The highest BCUT2D eigenvalue weighted by molar-refractivity contribution is 5.46. The lowest BCUT2D eigenvalue weighted by molar-refractivity contribution is 0.295. The lowest BCUT2D eigenvalue weighted by atomic mass is 10.2. The zero-order chi connectivity index (χ0) is 16.3. The fourth-order valence-corrected chi connectivity index (χ4v) is 2.20.